The lowest BCUT2D eigenvalue weighted by Crippen LogP contribution is -2.08. The van der Waals surface area contributed by atoms with Crippen molar-refractivity contribution in [3.63, 3.8) is 0 Å². The summed E-state index contributed by atoms with van der Waals surface area (Å²) in [6.07, 6.45) is 5.01. The van der Waals surface area contributed by atoms with Gasteiger partial charge in [0.15, 0.2) is 5.76 Å². The number of aromatic amines is 1. The zero-order valence-electron chi connectivity index (χ0n) is 13.6. The van der Waals surface area contributed by atoms with Gasteiger partial charge in [-0.05, 0) is 35.7 Å². The molecule has 0 aliphatic carbocycles. The topological polar surface area (TPSA) is 83.8 Å². The number of hydrogen-bond donors (Lipinski definition) is 2. The third kappa shape index (κ3) is 3.82. The van der Waals surface area contributed by atoms with E-state index in [0.29, 0.717) is 12.2 Å². The van der Waals surface area contributed by atoms with Gasteiger partial charge in [0.1, 0.15) is 12.1 Å². The van der Waals surface area contributed by atoms with Crippen LogP contribution in [0.25, 0.3) is 5.76 Å². The molecule has 0 saturated heterocycles. The average molecular weight is 340 g/mol. The third-order valence-corrected chi connectivity index (χ3v) is 3.77. The van der Waals surface area contributed by atoms with Crippen LogP contribution in [0, 0.1) is 5.82 Å². The van der Waals surface area contributed by atoms with Crippen molar-refractivity contribution in [1.29, 1.82) is 0 Å². The number of allylic oxidation sites excluding steroid dienone is 1. The highest BCUT2D eigenvalue weighted by atomic mass is 19.1. The van der Waals surface area contributed by atoms with Crippen LogP contribution in [0.3, 0.4) is 0 Å². The van der Waals surface area contributed by atoms with Gasteiger partial charge in [0.25, 0.3) is 0 Å². The van der Waals surface area contributed by atoms with E-state index in [-0.39, 0.29) is 23.2 Å². The highest BCUT2D eigenvalue weighted by molar-refractivity contribution is 6.06. The molecule has 0 aliphatic heterocycles. The lowest BCUT2D eigenvalue weighted by atomic mass is 10.2. The number of ketones is 1. The van der Waals surface area contributed by atoms with Gasteiger partial charge in [-0.1, -0.05) is 19.1 Å². The monoisotopic (exact) mass is 340 g/mol. The van der Waals surface area contributed by atoms with Crippen LogP contribution in [0.4, 0.5) is 4.39 Å². The number of nitrogens with one attached hydrogen (secondary N) is 1. The number of nitrogens with zero attached hydrogens (tertiary/aromatic N) is 3. The lowest BCUT2D eigenvalue weighted by molar-refractivity contribution is 0.103. The number of hydrogen-bond acceptors (Lipinski definition) is 4. The maximum Gasteiger partial charge on any atom is 0.215 e. The Kier molecular flexibility index (Phi) is 4.74. The zero-order chi connectivity index (χ0) is 17.8. The largest absolute Gasteiger partial charge is 0.504 e. The van der Waals surface area contributed by atoms with Crippen molar-refractivity contribution in [1.82, 2.24) is 19.7 Å². The number of carbonyl (C=O) groups excluding carboxylic acids is 1. The number of halogens is 1. The first-order valence-electron chi connectivity index (χ1n) is 7.81. The molecule has 6 nitrogen and oxygen atoms in total. The smallest absolute Gasteiger partial charge is 0.215 e. The molecule has 0 saturated carbocycles. The number of aromatic nitrogens is 4. The summed E-state index contributed by atoms with van der Waals surface area (Å²) in [7, 11) is 0. The first-order chi connectivity index (χ1) is 12.1. The molecule has 0 bridgehead atoms. The second kappa shape index (κ2) is 7.12. The minimum absolute atomic E-state index is 0.0484. The SMILES string of the molecule is CCc1cc(C(=O)C=C(O)c2nc[nH]n2)n(Cc2cccc(F)c2)c1. The zero-order valence-corrected chi connectivity index (χ0v) is 13.6. The predicted octanol–water partition coefficient (Wildman–Crippen LogP) is 3.14. The molecular weight excluding hydrogens is 323 g/mol. The van der Waals surface area contributed by atoms with Gasteiger partial charge < -0.3 is 9.67 Å². The quantitative estimate of drug-likeness (QED) is 0.410. The maximum atomic E-state index is 13.4. The Bertz CT molecular complexity index is 913. The van der Waals surface area contributed by atoms with Crippen molar-refractivity contribution in [2.24, 2.45) is 0 Å². The second-order valence-corrected chi connectivity index (χ2v) is 5.56. The van der Waals surface area contributed by atoms with Crippen LogP contribution in [0.1, 0.15) is 34.4 Å². The van der Waals surface area contributed by atoms with E-state index < -0.39 is 0 Å². The van der Waals surface area contributed by atoms with Crippen LogP contribution in [-0.2, 0) is 13.0 Å². The van der Waals surface area contributed by atoms with Crippen LogP contribution in [-0.4, -0.2) is 30.6 Å². The minimum atomic E-state index is -0.376. The number of aliphatic hydroxyl groups excluding tert-OH is 1. The fraction of sp³-hybridized carbons (Fsp3) is 0.167. The Morgan fingerprint density at radius 2 is 2.20 bits per heavy atom. The first-order valence-corrected chi connectivity index (χ1v) is 7.81. The molecule has 7 heteroatoms. The normalized spacial score (nSPS) is 11.7. The van der Waals surface area contributed by atoms with Crippen LogP contribution >= 0.6 is 0 Å². The number of aliphatic hydroxyl groups is 1. The van der Waals surface area contributed by atoms with Gasteiger partial charge >= 0.3 is 0 Å². The minimum Gasteiger partial charge on any atom is -0.504 e. The van der Waals surface area contributed by atoms with E-state index in [1.807, 2.05) is 13.1 Å². The molecule has 128 valence electrons. The molecule has 0 atom stereocenters. The van der Waals surface area contributed by atoms with Crippen molar-refractivity contribution < 1.29 is 14.3 Å². The third-order valence-electron chi connectivity index (χ3n) is 3.77. The molecule has 3 rings (SSSR count). The van der Waals surface area contributed by atoms with Crippen LogP contribution in [0.5, 0.6) is 0 Å². The van der Waals surface area contributed by atoms with Gasteiger partial charge in [0, 0.05) is 18.8 Å². The van der Waals surface area contributed by atoms with Crippen LogP contribution in [0.15, 0.2) is 48.9 Å². The molecule has 2 N–H and O–H groups in total. The van der Waals surface area contributed by atoms with Crippen LogP contribution < -0.4 is 0 Å². The molecule has 3 aromatic rings. The van der Waals surface area contributed by atoms with E-state index in [1.54, 1.807) is 22.8 Å². The Hall–Kier alpha value is -3.22. The summed E-state index contributed by atoms with van der Waals surface area (Å²) >= 11 is 0. The van der Waals surface area contributed by atoms with E-state index >= 15 is 0 Å². The summed E-state index contributed by atoms with van der Waals surface area (Å²) in [5, 5.41) is 16.2. The van der Waals surface area contributed by atoms with Crippen molar-refractivity contribution in [3.8, 4) is 0 Å². The van der Waals surface area contributed by atoms with Gasteiger partial charge in [0.2, 0.25) is 11.6 Å². The van der Waals surface area contributed by atoms with E-state index in [9.17, 15) is 14.3 Å². The van der Waals surface area contributed by atoms with Gasteiger partial charge in [-0.3, -0.25) is 9.89 Å². The molecule has 0 unspecified atom stereocenters. The number of carbonyl (C=O) groups is 1. The molecule has 2 aromatic heterocycles. The Balaban J connectivity index is 1.91. The summed E-state index contributed by atoms with van der Waals surface area (Å²) in [6.45, 7) is 2.34. The molecule has 0 aliphatic rings. The fourth-order valence-electron chi connectivity index (χ4n) is 2.53. The number of H-pyrrole nitrogens is 1. The standard InChI is InChI=1S/C18H17FN4O2/c1-2-12-7-15(16(24)8-17(25)18-20-11-21-22-18)23(9-12)10-13-4-3-5-14(19)6-13/h3-9,11,25H,2,10H2,1H3,(H,20,21,22). The van der Waals surface area contributed by atoms with Gasteiger partial charge in [0.05, 0.1) is 5.69 Å². The van der Waals surface area contributed by atoms with Crippen LogP contribution in [0.2, 0.25) is 0 Å². The van der Waals surface area contributed by atoms with E-state index in [4.69, 9.17) is 0 Å². The fourth-order valence-corrected chi connectivity index (χ4v) is 2.53. The molecule has 1 aromatic carbocycles. The van der Waals surface area contributed by atoms with Crippen molar-refractivity contribution in [2.45, 2.75) is 19.9 Å². The Morgan fingerprint density at radius 1 is 1.36 bits per heavy atom. The van der Waals surface area contributed by atoms with E-state index in [2.05, 4.69) is 15.2 Å². The second-order valence-electron chi connectivity index (χ2n) is 5.56. The number of benzene rings is 1. The number of aryl methyl sites for hydroxylation is 1. The summed E-state index contributed by atoms with van der Waals surface area (Å²) in [6, 6.07) is 8.00. The number of rotatable bonds is 6. The molecule has 0 amide bonds. The summed E-state index contributed by atoms with van der Waals surface area (Å²) in [4.78, 5) is 16.4. The van der Waals surface area contributed by atoms with Gasteiger partial charge in [-0.2, -0.15) is 5.10 Å². The molecule has 25 heavy (non-hydrogen) atoms. The van der Waals surface area contributed by atoms with Gasteiger partial charge in [-0.15, -0.1) is 0 Å². The summed E-state index contributed by atoms with van der Waals surface area (Å²) in [5.41, 5.74) is 2.13. The predicted molar refractivity (Wildman–Crippen MR) is 90.6 cm³/mol. The first kappa shape index (κ1) is 16.6. The Labute approximate surface area is 143 Å². The molecule has 2 heterocycles. The van der Waals surface area contributed by atoms with Crippen molar-refractivity contribution >= 4 is 11.5 Å². The summed E-state index contributed by atoms with van der Waals surface area (Å²) in [5.74, 6) is -0.969. The Morgan fingerprint density at radius 3 is 2.88 bits per heavy atom. The molecule has 0 spiro atoms. The highest BCUT2D eigenvalue weighted by Gasteiger charge is 2.14. The van der Waals surface area contributed by atoms with E-state index in [1.165, 1.54) is 18.5 Å². The van der Waals surface area contributed by atoms with Crippen molar-refractivity contribution in [2.75, 3.05) is 0 Å². The van der Waals surface area contributed by atoms with Crippen molar-refractivity contribution in [3.05, 3.63) is 77.4 Å². The van der Waals surface area contributed by atoms with E-state index in [0.717, 1.165) is 23.6 Å². The molecular formula is C18H17FN4O2. The molecule has 0 radical (unpaired) electrons. The summed E-state index contributed by atoms with van der Waals surface area (Å²) < 4.78 is 15.1. The molecule has 0 fully saturated rings. The highest BCUT2D eigenvalue weighted by Crippen LogP contribution is 2.16. The average Bonchev–Trinajstić information content (AvgIpc) is 3.24. The van der Waals surface area contributed by atoms with Gasteiger partial charge in [-0.25, -0.2) is 9.37 Å². The maximum absolute atomic E-state index is 13.4. The lowest BCUT2D eigenvalue weighted by Gasteiger charge is -2.07.